The summed E-state index contributed by atoms with van der Waals surface area (Å²) in [6.45, 7) is 0.258. The summed E-state index contributed by atoms with van der Waals surface area (Å²) in [4.78, 5) is 3.93. The lowest BCUT2D eigenvalue weighted by Crippen LogP contribution is -2.16. The highest BCUT2D eigenvalue weighted by Gasteiger charge is 2.16. The molecule has 0 saturated carbocycles. The van der Waals surface area contributed by atoms with Crippen molar-refractivity contribution in [1.82, 2.24) is 14.8 Å². The van der Waals surface area contributed by atoms with Crippen LogP contribution in [0.15, 0.2) is 35.5 Å². The first kappa shape index (κ1) is 14.0. The molecule has 0 saturated heterocycles. The second-order valence-corrected chi connectivity index (χ2v) is 5.53. The van der Waals surface area contributed by atoms with E-state index in [0.29, 0.717) is 5.56 Å². The SMILES string of the molecule is Cn1ncnc1NS(=O)(=O)c1ccc(C#CCN)cc1. The van der Waals surface area contributed by atoms with Gasteiger partial charge in [-0.25, -0.2) is 17.8 Å². The zero-order chi connectivity index (χ0) is 14.6. The molecule has 1 aromatic heterocycles. The lowest BCUT2D eigenvalue weighted by Gasteiger charge is -2.06. The number of nitrogens with one attached hydrogen (secondary N) is 1. The first-order chi connectivity index (χ1) is 9.53. The molecule has 0 bridgehead atoms. The number of sulfonamides is 1. The molecule has 1 heterocycles. The van der Waals surface area contributed by atoms with Crippen LogP contribution in [-0.2, 0) is 17.1 Å². The molecule has 20 heavy (non-hydrogen) atoms. The highest BCUT2D eigenvalue weighted by molar-refractivity contribution is 7.92. The van der Waals surface area contributed by atoms with E-state index < -0.39 is 10.0 Å². The van der Waals surface area contributed by atoms with Gasteiger partial charge in [0.05, 0.1) is 11.4 Å². The second kappa shape index (κ2) is 5.73. The standard InChI is InChI=1S/C12H13N5O2S/c1-17-12(14-9-15-17)16-20(18,19)11-6-4-10(5-7-11)3-2-8-13/h4-7,9H,8,13H2,1H3,(H,14,15,16). The number of aromatic nitrogens is 3. The van der Waals surface area contributed by atoms with Crippen molar-refractivity contribution < 1.29 is 8.42 Å². The van der Waals surface area contributed by atoms with Gasteiger partial charge in [0.25, 0.3) is 10.0 Å². The summed E-state index contributed by atoms with van der Waals surface area (Å²) in [7, 11) is -2.10. The van der Waals surface area contributed by atoms with Gasteiger partial charge in [0.15, 0.2) is 0 Å². The number of benzene rings is 1. The van der Waals surface area contributed by atoms with Crippen LogP contribution in [0.3, 0.4) is 0 Å². The number of hydrogen-bond donors (Lipinski definition) is 2. The normalized spacial score (nSPS) is 10.7. The topological polar surface area (TPSA) is 103 Å². The Morgan fingerprint density at radius 3 is 2.60 bits per heavy atom. The first-order valence-electron chi connectivity index (χ1n) is 5.69. The van der Waals surface area contributed by atoms with E-state index in [4.69, 9.17) is 5.73 Å². The largest absolute Gasteiger partial charge is 0.320 e. The third-order valence-corrected chi connectivity index (χ3v) is 3.78. The van der Waals surface area contributed by atoms with Crippen molar-refractivity contribution in [3.05, 3.63) is 36.2 Å². The monoisotopic (exact) mass is 291 g/mol. The maximum atomic E-state index is 12.1. The van der Waals surface area contributed by atoms with E-state index in [1.54, 1.807) is 19.2 Å². The number of nitrogens with zero attached hydrogens (tertiary/aromatic N) is 3. The second-order valence-electron chi connectivity index (χ2n) is 3.84. The Kier molecular flexibility index (Phi) is 4.02. The number of hydrogen-bond acceptors (Lipinski definition) is 5. The molecular weight excluding hydrogens is 278 g/mol. The first-order valence-corrected chi connectivity index (χ1v) is 7.17. The van der Waals surface area contributed by atoms with E-state index in [9.17, 15) is 8.42 Å². The molecule has 104 valence electrons. The van der Waals surface area contributed by atoms with Crippen molar-refractivity contribution in [2.75, 3.05) is 11.3 Å². The molecule has 2 rings (SSSR count). The molecule has 7 nitrogen and oxygen atoms in total. The Morgan fingerprint density at radius 1 is 1.35 bits per heavy atom. The van der Waals surface area contributed by atoms with Crippen LogP contribution >= 0.6 is 0 Å². The van der Waals surface area contributed by atoms with Gasteiger partial charge in [-0.1, -0.05) is 11.8 Å². The molecule has 0 aliphatic carbocycles. The van der Waals surface area contributed by atoms with Crippen molar-refractivity contribution in [2.24, 2.45) is 12.8 Å². The maximum absolute atomic E-state index is 12.1. The highest BCUT2D eigenvalue weighted by atomic mass is 32.2. The fourth-order valence-corrected chi connectivity index (χ4v) is 2.48. The molecule has 0 fully saturated rings. The molecule has 0 aliphatic heterocycles. The molecule has 8 heteroatoms. The van der Waals surface area contributed by atoms with Crippen molar-refractivity contribution in [1.29, 1.82) is 0 Å². The Hall–Kier alpha value is -2.37. The van der Waals surface area contributed by atoms with Gasteiger partial charge in [0.2, 0.25) is 5.95 Å². The fraction of sp³-hybridized carbons (Fsp3) is 0.167. The molecule has 0 spiro atoms. The Labute approximate surface area is 116 Å². The van der Waals surface area contributed by atoms with E-state index in [0.717, 1.165) is 0 Å². The number of nitrogens with two attached hydrogens (primary N) is 1. The molecule has 2 aromatic rings. The zero-order valence-electron chi connectivity index (χ0n) is 10.7. The minimum Gasteiger partial charge on any atom is -0.320 e. The van der Waals surface area contributed by atoms with Crippen LogP contribution in [0.1, 0.15) is 5.56 Å². The van der Waals surface area contributed by atoms with Gasteiger partial charge in [0, 0.05) is 12.6 Å². The minimum absolute atomic E-state index is 0.124. The molecule has 1 aromatic carbocycles. The molecule has 3 N–H and O–H groups in total. The minimum atomic E-state index is -3.69. The van der Waals surface area contributed by atoms with E-state index >= 15 is 0 Å². The predicted octanol–water partition coefficient (Wildman–Crippen LogP) is -0.0739. The van der Waals surface area contributed by atoms with Gasteiger partial charge < -0.3 is 5.73 Å². The Balaban J connectivity index is 2.24. The summed E-state index contributed by atoms with van der Waals surface area (Å²) in [5.74, 6) is 5.67. The average Bonchev–Trinajstić information content (AvgIpc) is 2.82. The highest BCUT2D eigenvalue weighted by Crippen LogP contribution is 2.14. The fourth-order valence-electron chi connectivity index (χ4n) is 1.44. The zero-order valence-corrected chi connectivity index (χ0v) is 11.6. The molecular formula is C12H13N5O2S. The molecule has 0 radical (unpaired) electrons. The molecule has 0 unspecified atom stereocenters. The van der Waals surface area contributed by atoms with Crippen molar-refractivity contribution >= 4 is 16.0 Å². The van der Waals surface area contributed by atoms with E-state index in [1.807, 2.05) is 0 Å². The summed E-state index contributed by atoms with van der Waals surface area (Å²) < 4.78 is 27.9. The van der Waals surface area contributed by atoms with Crippen molar-refractivity contribution in [3.63, 3.8) is 0 Å². The number of aryl methyl sites for hydroxylation is 1. The summed E-state index contributed by atoms with van der Waals surface area (Å²) in [5, 5.41) is 3.79. The van der Waals surface area contributed by atoms with E-state index in [2.05, 4.69) is 26.6 Å². The quantitative estimate of drug-likeness (QED) is 0.770. The third kappa shape index (κ3) is 3.14. The van der Waals surface area contributed by atoms with Gasteiger partial charge in [0.1, 0.15) is 6.33 Å². The van der Waals surface area contributed by atoms with Crippen LogP contribution in [0.5, 0.6) is 0 Å². The van der Waals surface area contributed by atoms with E-state index in [-0.39, 0.29) is 17.4 Å². The van der Waals surface area contributed by atoms with Crippen LogP contribution in [0.25, 0.3) is 0 Å². The van der Waals surface area contributed by atoms with Gasteiger partial charge in [-0.15, -0.1) is 0 Å². The third-order valence-electron chi connectivity index (χ3n) is 2.44. The summed E-state index contributed by atoms with van der Waals surface area (Å²) in [5.41, 5.74) is 5.97. The van der Waals surface area contributed by atoms with E-state index in [1.165, 1.54) is 23.1 Å². The predicted molar refractivity (Wildman–Crippen MR) is 74.2 cm³/mol. The number of anilines is 1. The van der Waals surface area contributed by atoms with Gasteiger partial charge >= 0.3 is 0 Å². The Bertz CT molecular complexity index is 753. The van der Waals surface area contributed by atoms with Gasteiger partial charge in [-0.3, -0.25) is 0 Å². The Morgan fingerprint density at radius 2 is 2.05 bits per heavy atom. The number of rotatable bonds is 3. The average molecular weight is 291 g/mol. The van der Waals surface area contributed by atoms with Crippen LogP contribution in [0.2, 0.25) is 0 Å². The van der Waals surface area contributed by atoms with Gasteiger partial charge in [-0.05, 0) is 24.3 Å². The van der Waals surface area contributed by atoms with Crippen LogP contribution in [-0.4, -0.2) is 29.7 Å². The van der Waals surface area contributed by atoms with Crippen LogP contribution < -0.4 is 10.5 Å². The molecule has 0 amide bonds. The van der Waals surface area contributed by atoms with Crippen LogP contribution in [0.4, 0.5) is 5.95 Å². The lowest BCUT2D eigenvalue weighted by atomic mass is 10.2. The molecule has 0 atom stereocenters. The van der Waals surface area contributed by atoms with Crippen molar-refractivity contribution in [3.8, 4) is 11.8 Å². The summed E-state index contributed by atoms with van der Waals surface area (Å²) in [6, 6.07) is 6.18. The lowest BCUT2D eigenvalue weighted by molar-refractivity contribution is 0.600. The summed E-state index contributed by atoms with van der Waals surface area (Å²) in [6.07, 6.45) is 1.27. The summed E-state index contributed by atoms with van der Waals surface area (Å²) >= 11 is 0. The maximum Gasteiger partial charge on any atom is 0.264 e. The van der Waals surface area contributed by atoms with Gasteiger partial charge in [-0.2, -0.15) is 10.1 Å². The van der Waals surface area contributed by atoms with Crippen LogP contribution in [0, 0.1) is 11.8 Å². The smallest absolute Gasteiger partial charge is 0.264 e. The molecule has 0 aliphatic rings. The van der Waals surface area contributed by atoms with Crippen molar-refractivity contribution in [2.45, 2.75) is 4.90 Å².